The quantitative estimate of drug-likeness (QED) is 0.664. The molecule has 0 N–H and O–H groups in total. The summed E-state index contributed by atoms with van der Waals surface area (Å²) in [4.78, 5) is 4.42. The molecule has 0 fully saturated rings. The Balaban J connectivity index is 1.80. The van der Waals surface area contributed by atoms with Gasteiger partial charge in [-0.15, -0.1) is 10.2 Å². The van der Waals surface area contributed by atoms with E-state index >= 15 is 0 Å². The lowest BCUT2D eigenvalue weighted by molar-refractivity contribution is 0.383. The molecule has 1 aromatic carbocycles. The number of rotatable bonds is 4. The number of thioether (sulfide) groups is 1. The van der Waals surface area contributed by atoms with E-state index in [4.69, 9.17) is 4.42 Å². The maximum Gasteiger partial charge on any atom is 0.207 e. The summed E-state index contributed by atoms with van der Waals surface area (Å²) in [5.41, 5.74) is 0.995. The third kappa shape index (κ3) is 3.47. The molecule has 23 heavy (non-hydrogen) atoms. The Morgan fingerprint density at radius 3 is 2.57 bits per heavy atom. The molecule has 0 saturated heterocycles. The highest BCUT2D eigenvalue weighted by atomic mass is 32.2. The molecule has 0 aliphatic heterocycles. The Morgan fingerprint density at radius 1 is 1.17 bits per heavy atom. The lowest BCUT2D eigenvalue weighted by Gasteiger charge is -2.14. The molecule has 1 atom stereocenters. The number of aromatic nitrogens is 4. The van der Waals surface area contributed by atoms with E-state index < -0.39 is 0 Å². The van der Waals surface area contributed by atoms with Gasteiger partial charge >= 0.3 is 0 Å². The third-order valence-electron chi connectivity index (χ3n) is 3.44. The zero-order chi connectivity index (χ0) is 16.4. The van der Waals surface area contributed by atoms with Crippen LogP contribution >= 0.6 is 11.8 Å². The van der Waals surface area contributed by atoms with Gasteiger partial charge in [0.1, 0.15) is 12.1 Å². The fraction of sp³-hybridized carbons (Fsp3) is 0.353. The van der Waals surface area contributed by atoms with E-state index in [-0.39, 0.29) is 10.7 Å². The number of hydrogen-bond donors (Lipinski definition) is 0. The average molecular weight is 328 g/mol. The van der Waals surface area contributed by atoms with Crippen molar-refractivity contribution in [3.63, 3.8) is 0 Å². The zero-order valence-electron chi connectivity index (χ0n) is 13.7. The van der Waals surface area contributed by atoms with Crippen LogP contribution in [0.4, 0.5) is 0 Å². The van der Waals surface area contributed by atoms with Gasteiger partial charge in [-0.05, 0) is 19.1 Å². The highest BCUT2D eigenvalue weighted by Crippen LogP contribution is 2.35. The van der Waals surface area contributed by atoms with Crippen LogP contribution in [0.1, 0.15) is 44.6 Å². The minimum atomic E-state index is -0.0420. The Labute approximate surface area is 140 Å². The molecule has 5 nitrogen and oxygen atoms in total. The van der Waals surface area contributed by atoms with Crippen molar-refractivity contribution in [1.29, 1.82) is 0 Å². The first kappa shape index (κ1) is 15.8. The molecule has 0 spiro atoms. The van der Waals surface area contributed by atoms with Gasteiger partial charge in [-0.1, -0.05) is 50.7 Å². The minimum Gasteiger partial charge on any atom is -0.444 e. The second-order valence-corrected chi connectivity index (χ2v) is 7.70. The monoisotopic (exact) mass is 328 g/mol. The molecule has 2 aromatic heterocycles. The summed E-state index contributed by atoms with van der Waals surface area (Å²) >= 11 is 1.58. The summed E-state index contributed by atoms with van der Waals surface area (Å²) in [6.45, 7) is 8.40. The van der Waals surface area contributed by atoms with Crippen molar-refractivity contribution in [2.24, 2.45) is 0 Å². The van der Waals surface area contributed by atoms with E-state index in [1.807, 2.05) is 41.1 Å². The van der Waals surface area contributed by atoms with Crippen LogP contribution in [0, 0.1) is 0 Å². The smallest absolute Gasteiger partial charge is 0.207 e. The summed E-state index contributed by atoms with van der Waals surface area (Å²) < 4.78 is 7.88. The second kappa shape index (κ2) is 6.20. The standard InChI is InChI=1S/C17H20N4OS/c1-12(15-18-10-14(22-15)17(2,3)4)23-16-20-19-11-21(16)13-8-6-5-7-9-13/h5-12H,1-4H3/t12-/m1/s1. The highest BCUT2D eigenvalue weighted by Gasteiger charge is 2.23. The summed E-state index contributed by atoms with van der Waals surface area (Å²) in [6.07, 6.45) is 3.54. The molecule has 0 aliphatic carbocycles. The molecule has 0 amide bonds. The average Bonchev–Trinajstić information content (AvgIpc) is 3.16. The maximum absolute atomic E-state index is 5.91. The fourth-order valence-electron chi connectivity index (χ4n) is 2.10. The topological polar surface area (TPSA) is 56.7 Å². The molecule has 0 saturated carbocycles. The number of oxazole rings is 1. The van der Waals surface area contributed by atoms with Crippen molar-refractivity contribution in [1.82, 2.24) is 19.7 Å². The van der Waals surface area contributed by atoms with Gasteiger partial charge in [0.15, 0.2) is 5.16 Å². The van der Waals surface area contributed by atoms with Gasteiger partial charge in [0.2, 0.25) is 5.89 Å². The molecule has 0 bridgehead atoms. The number of para-hydroxylation sites is 1. The van der Waals surface area contributed by atoms with Crippen molar-refractivity contribution in [2.45, 2.75) is 43.5 Å². The van der Waals surface area contributed by atoms with Crippen molar-refractivity contribution >= 4 is 11.8 Å². The highest BCUT2D eigenvalue weighted by molar-refractivity contribution is 7.99. The summed E-state index contributed by atoms with van der Waals surface area (Å²) in [5.74, 6) is 1.60. The molecule has 0 radical (unpaired) electrons. The maximum atomic E-state index is 5.91. The number of nitrogens with zero attached hydrogens (tertiary/aromatic N) is 4. The van der Waals surface area contributed by atoms with Gasteiger partial charge in [0.25, 0.3) is 0 Å². The van der Waals surface area contributed by atoms with Crippen LogP contribution in [-0.2, 0) is 5.41 Å². The molecule has 3 rings (SSSR count). The van der Waals surface area contributed by atoms with E-state index in [9.17, 15) is 0 Å². The second-order valence-electron chi connectivity index (χ2n) is 6.39. The van der Waals surface area contributed by atoms with Crippen LogP contribution in [0.5, 0.6) is 0 Å². The first-order valence-corrected chi connectivity index (χ1v) is 8.41. The van der Waals surface area contributed by atoms with Crippen molar-refractivity contribution in [3.05, 3.63) is 54.5 Å². The van der Waals surface area contributed by atoms with Crippen LogP contribution in [0.25, 0.3) is 5.69 Å². The van der Waals surface area contributed by atoms with Gasteiger partial charge in [0.05, 0.1) is 11.4 Å². The molecular weight excluding hydrogens is 308 g/mol. The Hall–Kier alpha value is -2.08. The first-order chi connectivity index (χ1) is 10.9. The van der Waals surface area contributed by atoms with Gasteiger partial charge in [0, 0.05) is 11.1 Å². The Bertz CT molecular complexity index is 773. The summed E-state index contributed by atoms with van der Waals surface area (Å²) in [7, 11) is 0. The SMILES string of the molecule is C[C@@H](Sc1nncn1-c1ccccc1)c1ncc(C(C)(C)C)o1. The van der Waals surface area contributed by atoms with E-state index in [2.05, 4.69) is 42.9 Å². The number of hydrogen-bond acceptors (Lipinski definition) is 5. The van der Waals surface area contributed by atoms with Crippen molar-refractivity contribution in [2.75, 3.05) is 0 Å². The molecular formula is C17H20N4OS. The Kier molecular flexibility index (Phi) is 4.26. The fourth-order valence-corrected chi connectivity index (χ4v) is 2.99. The molecule has 6 heteroatoms. The Morgan fingerprint density at radius 2 is 1.91 bits per heavy atom. The molecule has 3 aromatic rings. The zero-order valence-corrected chi connectivity index (χ0v) is 14.5. The summed E-state index contributed by atoms with van der Waals surface area (Å²) in [5, 5.41) is 9.12. The molecule has 120 valence electrons. The van der Waals surface area contributed by atoms with Gasteiger partial charge in [-0.2, -0.15) is 0 Å². The van der Waals surface area contributed by atoms with Crippen LogP contribution in [0.15, 0.2) is 52.4 Å². The van der Waals surface area contributed by atoms with Crippen LogP contribution in [-0.4, -0.2) is 19.7 Å². The van der Waals surface area contributed by atoms with E-state index in [1.165, 1.54) is 0 Å². The summed E-state index contributed by atoms with van der Waals surface area (Å²) in [6, 6.07) is 10.0. The molecule has 0 aliphatic rings. The predicted molar refractivity (Wildman–Crippen MR) is 90.8 cm³/mol. The largest absolute Gasteiger partial charge is 0.444 e. The number of benzene rings is 1. The minimum absolute atomic E-state index is 0.0420. The van der Waals surface area contributed by atoms with E-state index in [0.29, 0.717) is 5.89 Å². The van der Waals surface area contributed by atoms with Crippen LogP contribution in [0.2, 0.25) is 0 Å². The normalized spacial score (nSPS) is 13.2. The van der Waals surface area contributed by atoms with Crippen LogP contribution in [0.3, 0.4) is 0 Å². The van der Waals surface area contributed by atoms with E-state index in [0.717, 1.165) is 16.6 Å². The third-order valence-corrected chi connectivity index (χ3v) is 4.49. The lowest BCUT2D eigenvalue weighted by Crippen LogP contribution is -2.09. The van der Waals surface area contributed by atoms with Crippen molar-refractivity contribution < 1.29 is 4.42 Å². The molecule has 2 heterocycles. The first-order valence-electron chi connectivity index (χ1n) is 7.53. The van der Waals surface area contributed by atoms with E-state index in [1.54, 1.807) is 18.1 Å². The molecule has 0 unspecified atom stereocenters. The van der Waals surface area contributed by atoms with Gasteiger partial charge < -0.3 is 4.42 Å². The van der Waals surface area contributed by atoms with Crippen LogP contribution < -0.4 is 0 Å². The predicted octanol–water partition coefficient (Wildman–Crippen LogP) is 4.41. The van der Waals surface area contributed by atoms with Gasteiger partial charge in [-0.3, -0.25) is 4.57 Å². The van der Waals surface area contributed by atoms with Gasteiger partial charge in [-0.25, -0.2) is 4.98 Å². The lowest BCUT2D eigenvalue weighted by atomic mass is 9.94. The van der Waals surface area contributed by atoms with Crippen molar-refractivity contribution in [3.8, 4) is 5.69 Å².